The van der Waals surface area contributed by atoms with Crippen molar-refractivity contribution in [3.8, 4) is 11.1 Å². The molecule has 0 spiro atoms. The van der Waals surface area contributed by atoms with E-state index in [4.69, 9.17) is 9.72 Å². The highest BCUT2D eigenvalue weighted by atomic mass is 32.1. The lowest BCUT2D eigenvalue weighted by atomic mass is 10.0. The molecule has 0 saturated carbocycles. The molecule has 1 aromatic carbocycles. The van der Waals surface area contributed by atoms with Crippen molar-refractivity contribution >= 4 is 21.6 Å². The molecular weight excluding hydrogens is 334 g/mol. The number of rotatable bonds is 3. The Labute approximate surface area is 150 Å². The summed E-state index contributed by atoms with van der Waals surface area (Å²) in [6.45, 7) is 8.07. The number of ether oxygens (including phenoxy) is 1. The van der Waals surface area contributed by atoms with Gasteiger partial charge < -0.3 is 9.72 Å². The summed E-state index contributed by atoms with van der Waals surface area (Å²) in [7, 11) is 0. The van der Waals surface area contributed by atoms with E-state index in [1.807, 2.05) is 5.38 Å². The normalized spacial score (nSPS) is 15.8. The third-order valence-electron chi connectivity index (χ3n) is 4.79. The van der Waals surface area contributed by atoms with Crippen LogP contribution in [-0.2, 0) is 11.3 Å². The molecule has 0 atom stereocenters. The van der Waals surface area contributed by atoms with Crippen LogP contribution in [0.25, 0.3) is 21.3 Å². The maximum atomic E-state index is 12.7. The second kappa shape index (κ2) is 6.71. The summed E-state index contributed by atoms with van der Waals surface area (Å²) in [5, 5.41) is 2.73. The first-order valence-electron chi connectivity index (χ1n) is 8.50. The van der Waals surface area contributed by atoms with Gasteiger partial charge in [0.2, 0.25) is 0 Å². The molecule has 0 aliphatic carbocycles. The van der Waals surface area contributed by atoms with Crippen molar-refractivity contribution in [2.24, 2.45) is 0 Å². The lowest BCUT2D eigenvalue weighted by Gasteiger charge is -2.25. The molecule has 1 N–H and O–H groups in total. The molecular formula is C19H21N3O2S. The predicted molar refractivity (Wildman–Crippen MR) is 101 cm³/mol. The molecule has 1 fully saturated rings. The van der Waals surface area contributed by atoms with Gasteiger partial charge in [0.05, 0.1) is 25.1 Å². The third kappa shape index (κ3) is 3.25. The molecule has 0 amide bonds. The predicted octanol–water partition coefficient (Wildman–Crippen LogP) is 3.10. The Balaban J connectivity index is 1.71. The van der Waals surface area contributed by atoms with Gasteiger partial charge in [-0.2, -0.15) is 0 Å². The van der Waals surface area contributed by atoms with Gasteiger partial charge in [-0.1, -0.05) is 18.2 Å². The van der Waals surface area contributed by atoms with Crippen molar-refractivity contribution < 1.29 is 4.74 Å². The Hall–Kier alpha value is -2.02. The van der Waals surface area contributed by atoms with Crippen molar-refractivity contribution in [2.75, 3.05) is 26.3 Å². The Morgan fingerprint density at radius 3 is 2.80 bits per heavy atom. The van der Waals surface area contributed by atoms with Crippen molar-refractivity contribution in [1.29, 1.82) is 0 Å². The van der Waals surface area contributed by atoms with Gasteiger partial charge >= 0.3 is 0 Å². The van der Waals surface area contributed by atoms with Gasteiger partial charge in [0.25, 0.3) is 5.56 Å². The SMILES string of the molecule is Cc1ccc(-c2csc3nc(CN4CCOCC4)[nH]c(=O)c23)cc1C. The molecule has 0 radical (unpaired) electrons. The Kier molecular flexibility index (Phi) is 4.41. The molecule has 0 unspecified atom stereocenters. The first kappa shape index (κ1) is 16.4. The number of aryl methyl sites for hydroxylation is 2. The highest BCUT2D eigenvalue weighted by molar-refractivity contribution is 7.17. The summed E-state index contributed by atoms with van der Waals surface area (Å²) in [4.78, 5) is 23.5. The molecule has 25 heavy (non-hydrogen) atoms. The van der Waals surface area contributed by atoms with Crippen LogP contribution >= 0.6 is 11.3 Å². The van der Waals surface area contributed by atoms with Gasteiger partial charge in [-0.3, -0.25) is 9.69 Å². The molecule has 1 aliphatic rings. The minimum Gasteiger partial charge on any atom is -0.379 e. The summed E-state index contributed by atoms with van der Waals surface area (Å²) in [6, 6.07) is 6.31. The molecule has 4 rings (SSSR count). The molecule has 2 aromatic heterocycles. The number of hydrogen-bond acceptors (Lipinski definition) is 5. The van der Waals surface area contributed by atoms with E-state index >= 15 is 0 Å². The zero-order valence-electron chi connectivity index (χ0n) is 14.5. The number of H-pyrrole nitrogens is 1. The number of benzene rings is 1. The van der Waals surface area contributed by atoms with Crippen LogP contribution in [0, 0.1) is 13.8 Å². The average Bonchev–Trinajstić information content (AvgIpc) is 3.03. The average molecular weight is 355 g/mol. The van der Waals surface area contributed by atoms with Crippen LogP contribution in [-0.4, -0.2) is 41.2 Å². The van der Waals surface area contributed by atoms with Crippen LogP contribution in [0.1, 0.15) is 17.0 Å². The maximum Gasteiger partial charge on any atom is 0.260 e. The standard InChI is InChI=1S/C19H21N3O2S/c1-12-3-4-14(9-13(12)2)15-11-25-19-17(15)18(23)20-16(21-19)10-22-5-7-24-8-6-22/h3-4,9,11H,5-8,10H2,1-2H3,(H,20,21,23). The zero-order valence-corrected chi connectivity index (χ0v) is 15.3. The lowest BCUT2D eigenvalue weighted by molar-refractivity contribution is 0.0331. The Bertz CT molecular complexity index is 970. The van der Waals surface area contributed by atoms with E-state index in [1.54, 1.807) is 0 Å². The van der Waals surface area contributed by atoms with E-state index in [0.29, 0.717) is 11.9 Å². The first-order chi connectivity index (χ1) is 12.1. The van der Waals surface area contributed by atoms with Crippen molar-refractivity contribution in [3.63, 3.8) is 0 Å². The smallest absolute Gasteiger partial charge is 0.260 e. The molecule has 130 valence electrons. The highest BCUT2D eigenvalue weighted by Crippen LogP contribution is 2.31. The van der Waals surface area contributed by atoms with E-state index < -0.39 is 0 Å². The van der Waals surface area contributed by atoms with Gasteiger partial charge in [0.15, 0.2) is 0 Å². The van der Waals surface area contributed by atoms with Gasteiger partial charge in [-0.15, -0.1) is 11.3 Å². The second-order valence-corrected chi connectivity index (χ2v) is 7.39. The monoisotopic (exact) mass is 355 g/mol. The molecule has 0 bridgehead atoms. The van der Waals surface area contributed by atoms with E-state index in [0.717, 1.165) is 48.1 Å². The molecule has 3 aromatic rings. The summed E-state index contributed by atoms with van der Waals surface area (Å²) in [5.74, 6) is 0.730. The number of fused-ring (bicyclic) bond motifs is 1. The van der Waals surface area contributed by atoms with Gasteiger partial charge in [-0.05, 0) is 30.5 Å². The number of thiophene rings is 1. The maximum absolute atomic E-state index is 12.7. The highest BCUT2D eigenvalue weighted by Gasteiger charge is 2.16. The lowest BCUT2D eigenvalue weighted by Crippen LogP contribution is -2.36. The fourth-order valence-corrected chi connectivity index (χ4v) is 4.13. The number of aromatic nitrogens is 2. The van der Waals surface area contributed by atoms with Crippen molar-refractivity contribution in [1.82, 2.24) is 14.9 Å². The zero-order chi connectivity index (χ0) is 17.4. The van der Waals surface area contributed by atoms with Crippen LogP contribution in [0.5, 0.6) is 0 Å². The summed E-state index contributed by atoms with van der Waals surface area (Å²) in [5.41, 5.74) is 4.47. The van der Waals surface area contributed by atoms with E-state index in [9.17, 15) is 4.79 Å². The number of aromatic amines is 1. The van der Waals surface area contributed by atoms with E-state index in [-0.39, 0.29) is 5.56 Å². The number of nitrogens with zero attached hydrogens (tertiary/aromatic N) is 2. The van der Waals surface area contributed by atoms with Gasteiger partial charge in [0.1, 0.15) is 10.7 Å². The van der Waals surface area contributed by atoms with Crippen LogP contribution < -0.4 is 5.56 Å². The third-order valence-corrected chi connectivity index (χ3v) is 5.66. The van der Waals surface area contributed by atoms with Crippen LogP contribution in [0.3, 0.4) is 0 Å². The second-order valence-electron chi connectivity index (χ2n) is 6.53. The molecule has 5 nitrogen and oxygen atoms in total. The van der Waals surface area contributed by atoms with Crippen LogP contribution in [0.15, 0.2) is 28.4 Å². The summed E-state index contributed by atoms with van der Waals surface area (Å²) >= 11 is 1.53. The fourth-order valence-electron chi connectivity index (χ4n) is 3.16. The summed E-state index contributed by atoms with van der Waals surface area (Å²) < 4.78 is 5.37. The molecule has 1 saturated heterocycles. The van der Waals surface area contributed by atoms with Crippen molar-refractivity contribution in [3.05, 3.63) is 50.9 Å². The van der Waals surface area contributed by atoms with Gasteiger partial charge in [-0.25, -0.2) is 4.98 Å². The molecule has 6 heteroatoms. The molecule has 1 aliphatic heterocycles. The fraction of sp³-hybridized carbons (Fsp3) is 0.368. The minimum atomic E-state index is -0.0530. The number of nitrogens with one attached hydrogen (secondary N) is 1. The minimum absolute atomic E-state index is 0.0530. The van der Waals surface area contributed by atoms with Crippen LogP contribution in [0.2, 0.25) is 0 Å². The van der Waals surface area contributed by atoms with Crippen LogP contribution in [0.4, 0.5) is 0 Å². The van der Waals surface area contributed by atoms with E-state index in [2.05, 4.69) is 41.9 Å². The quantitative estimate of drug-likeness (QED) is 0.784. The van der Waals surface area contributed by atoms with Crippen molar-refractivity contribution in [2.45, 2.75) is 20.4 Å². The first-order valence-corrected chi connectivity index (χ1v) is 9.38. The summed E-state index contributed by atoms with van der Waals surface area (Å²) in [6.07, 6.45) is 0. The number of hydrogen-bond donors (Lipinski definition) is 1. The number of morpholine rings is 1. The Morgan fingerprint density at radius 1 is 1.24 bits per heavy atom. The van der Waals surface area contributed by atoms with E-state index in [1.165, 1.54) is 22.5 Å². The topological polar surface area (TPSA) is 58.2 Å². The molecule has 3 heterocycles. The Morgan fingerprint density at radius 2 is 2.04 bits per heavy atom. The van der Waals surface area contributed by atoms with Gasteiger partial charge in [0, 0.05) is 24.0 Å². The largest absolute Gasteiger partial charge is 0.379 e.